The zero-order valence-electron chi connectivity index (χ0n) is 15.0. The average Bonchev–Trinajstić information content (AvgIpc) is 3.24. The fourth-order valence-corrected chi connectivity index (χ4v) is 3.53. The zero-order chi connectivity index (χ0) is 17.8. The van der Waals surface area contributed by atoms with Gasteiger partial charge in [0.15, 0.2) is 0 Å². The molecular weight excluding hydrogens is 316 g/mol. The molecule has 0 spiro atoms. The Morgan fingerprint density at radius 3 is 2.84 bits per heavy atom. The SMILES string of the molecule is CCCCN(Cc1cc2ccccc2o1)C(=O)[C@@H]1CCCN1C(C)=O. The maximum atomic E-state index is 13.1. The smallest absolute Gasteiger partial charge is 0.245 e. The molecule has 0 radical (unpaired) electrons. The number of hydrogen-bond donors (Lipinski definition) is 0. The summed E-state index contributed by atoms with van der Waals surface area (Å²) in [6, 6.07) is 9.54. The predicted octanol–water partition coefficient (Wildman–Crippen LogP) is 3.57. The summed E-state index contributed by atoms with van der Waals surface area (Å²) < 4.78 is 5.89. The molecule has 3 rings (SSSR count). The number of hydrogen-bond acceptors (Lipinski definition) is 3. The van der Waals surface area contributed by atoms with Crippen LogP contribution in [0.15, 0.2) is 34.7 Å². The third-order valence-corrected chi connectivity index (χ3v) is 4.86. The molecule has 0 bridgehead atoms. The van der Waals surface area contributed by atoms with Gasteiger partial charge in [0.05, 0.1) is 6.54 Å². The van der Waals surface area contributed by atoms with Gasteiger partial charge < -0.3 is 14.2 Å². The number of amides is 2. The van der Waals surface area contributed by atoms with Gasteiger partial charge in [0, 0.05) is 25.4 Å². The average molecular weight is 342 g/mol. The summed E-state index contributed by atoms with van der Waals surface area (Å²) in [6.45, 7) is 5.48. The molecule has 5 nitrogen and oxygen atoms in total. The molecule has 1 aromatic carbocycles. The Kier molecular flexibility index (Phi) is 5.41. The van der Waals surface area contributed by atoms with E-state index in [1.165, 1.54) is 0 Å². The molecule has 1 aliphatic heterocycles. The Balaban J connectivity index is 1.78. The van der Waals surface area contributed by atoms with Crippen LogP contribution < -0.4 is 0 Å². The quantitative estimate of drug-likeness (QED) is 0.806. The number of nitrogens with zero attached hydrogens (tertiary/aromatic N) is 2. The van der Waals surface area contributed by atoms with E-state index in [0.29, 0.717) is 19.6 Å². The summed E-state index contributed by atoms with van der Waals surface area (Å²) in [7, 11) is 0. The first kappa shape index (κ1) is 17.5. The van der Waals surface area contributed by atoms with Gasteiger partial charge in [-0.25, -0.2) is 0 Å². The minimum Gasteiger partial charge on any atom is -0.459 e. The van der Waals surface area contributed by atoms with Crippen molar-refractivity contribution >= 4 is 22.8 Å². The van der Waals surface area contributed by atoms with Crippen LogP contribution in [-0.4, -0.2) is 40.7 Å². The predicted molar refractivity (Wildman–Crippen MR) is 96.9 cm³/mol. The Morgan fingerprint density at radius 2 is 2.12 bits per heavy atom. The number of rotatable bonds is 6. The Labute approximate surface area is 148 Å². The number of carbonyl (C=O) groups is 2. The Hall–Kier alpha value is -2.30. The van der Waals surface area contributed by atoms with Gasteiger partial charge >= 0.3 is 0 Å². The maximum Gasteiger partial charge on any atom is 0.245 e. The van der Waals surface area contributed by atoms with Crippen LogP contribution in [0.2, 0.25) is 0 Å². The number of carbonyl (C=O) groups excluding carboxylic acids is 2. The molecule has 25 heavy (non-hydrogen) atoms. The van der Waals surface area contributed by atoms with Crippen LogP contribution in [-0.2, 0) is 16.1 Å². The van der Waals surface area contributed by atoms with Crippen LogP contribution in [0.3, 0.4) is 0 Å². The van der Waals surface area contributed by atoms with Gasteiger partial charge in [0.25, 0.3) is 0 Å². The number of benzene rings is 1. The molecule has 0 saturated carbocycles. The minimum atomic E-state index is -0.321. The normalized spacial score (nSPS) is 17.2. The molecular formula is C20H26N2O3. The van der Waals surface area contributed by atoms with Crippen molar-refractivity contribution in [3.8, 4) is 0 Å². The van der Waals surface area contributed by atoms with Gasteiger partial charge in [-0.1, -0.05) is 31.5 Å². The van der Waals surface area contributed by atoms with E-state index in [4.69, 9.17) is 4.42 Å². The van der Waals surface area contributed by atoms with Crippen molar-refractivity contribution in [2.24, 2.45) is 0 Å². The lowest BCUT2D eigenvalue weighted by molar-refractivity contribution is -0.143. The number of likely N-dealkylation sites (tertiary alicyclic amines) is 1. The van der Waals surface area contributed by atoms with Crippen LogP contribution >= 0.6 is 0 Å². The van der Waals surface area contributed by atoms with E-state index in [-0.39, 0.29) is 17.9 Å². The van der Waals surface area contributed by atoms with Crippen molar-refractivity contribution < 1.29 is 14.0 Å². The van der Waals surface area contributed by atoms with Crippen molar-refractivity contribution in [2.75, 3.05) is 13.1 Å². The molecule has 0 aliphatic carbocycles. The molecule has 1 atom stereocenters. The second-order valence-electron chi connectivity index (χ2n) is 6.73. The topological polar surface area (TPSA) is 53.8 Å². The summed E-state index contributed by atoms with van der Waals surface area (Å²) in [6.07, 6.45) is 3.60. The van der Waals surface area contributed by atoms with Gasteiger partial charge in [0.2, 0.25) is 11.8 Å². The van der Waals surface area contributed by atoms with E-state index in [9.17, 15) is 9.59 Å². The van der Waals surface area contributed by atoms with Crippen molar-refractivity contribution in [3.05, 3.63) is 36.1 Å². The van der Waals surface area contributed by atoms with E-state index in [0.717, 1.165) is 42.4 Å². The summed E-state index contributed by atoms with van der Waals surface area (Å²) in [5, 5.41) is 1.05. The molecule has 2 aromatic rings. The highest BCUT2D eigenvalue weighted by atomic mass is 16.3. The highest BCUT2D eigenvalue weighted by Gasteiger charge is 2.35. The summed E-state index contributed by atoms with van der Waals surface area (Å²) in [5.74, 6) is 0.814. The van der Waals surface area contributed by atoms with Gasteiger partial charge in [-0.15, -0.1) is 0 Å². The van der Waals surface area contributed by atoms with E-state index < -0.39 is 0 Å². The second-order valence-corrected chi connectivity index (χ2v) is 6.73. The van der Waals surface area contributed by atoms with E-state index in [1.54, 1.807) is 11.8 Å². The maximum absolute atomic E-state index is 13.1. The third kappa shape index (κ3) is 3.86. The molecule has 1 aliphatic rings. The number of furan rings is 1. The van der Waals surface area contributed by atoms with Crippen LogP contribution in [0.1, 0.15) is 45.3 Å². The Bertz CT molecular complexity index is 719. The first-order chi connectivity index (χ1) is 12.1. The minimum absolute atomic E-state index is 0.0185. The highest BCUT2D eigenvalue weighted by molar-refractivity contribution is 5.87. The van der Waals surface area contributed by atoms with Gasteiger partial charge in [-0.05, 0) is 31.4 Å². The molecule has 0 unspecified atom stereocenters. The lowest BCUT2D eigenvalue weighted by Gasteiger charge is -2.29. The van der Waals surface area contributed by atoms with Crippen molar-refractivity contribution in [1.29, 1.82) is 0 Å². The molecule has 1 fully saturated rings. The summed E-state index contributed by atoms with van der Waals surface area (Å²) in [4.78, 5) is 28.4. The van der Waals surface area contributed by atoms with Gasteiger partial charge in [-0.2, -0.15) is 0 Å². The summed E-state index contributed by atoms with van der Waals surface area (Å²) >= 11 is 0. The summed E-state index contributed by atoms with van der Waals surface area (Å²) in [5.41, 5.74) is 0.839. The zero-order valence-corrected chi connectivity index (χ0v) is 15.0. The molecule has 1 aromatic heterocycles. The lowest BCUT2D eigenvalue weighted by Crippen LogP contribution is -2.47. The third-order valence-electron chi connectivity index (χ3n) is 4.86. The standard InChI is InChI=1S/C20H26N2O3/c1-3-4-11-21(20(24)18-9-7-12-22(18)15(2)23)14-17-13-16-8-5-6-10-19(16)25-17/h5-6,8,10,13,18H,3-4,7,9,11-12,14H2,1-2H3/t18-/m0/s1. The van der Waals surface area contributed by atoms with Gasteiger partial charge in [-0.3, -0.25) is 9.59 Å². The number of unbranched alkanes of at least 4 members (excludes halogenated alkanes) is 1. The van der Waals surface area contributed by atoms with E-state index in [2.05, 4.69) is 6.92 Å². The molecule has 2 heterocycles. The molecule has 134 valence electrons. The van der Waals surface area contributed by atoms with E-state index >= 15 is 0 Å². The molecule has 1 saturated heterocycles. The second kappa shape index (κ2) is 7.72. The molecule has 2 amide bonds. The molecule has 5 heteroatoms. The first-order valence-electron chi connectivity index (χ1n) is 9.13. The fourth-order valence-electron chi connectivity index (χ4n) is 3.53. The number of fused-ring (bicyclic) bond motifs is 1. The van der Waals surface area contributed by atoms with Crippen LogP contribution in [0, 0.1) is 0 Å². The highest BCUT2D eigenvalue weighted by Crippen LogP contribution is 2.23. The van der Waals surface area contributed by atoms with Gasteiger partial charge in [0.1, 0.15) is 17.4 Å². The first-order valence-corrected chi connectivity index (χ1v) is 9.13. The fraction of sp³-hybridized carbons (Fsp3) is 0.500. The monoisotopic (exact) mass is 342 g/mol. The lowest BCUT2D eigenvalue weighted by atomic mass is 10.1. The van der Waals surface area contributed by atoms with E-state index in [1.807, 2.05) is 35.2 Å². The van der Waals surface area contributed by atoms with Crippen molar-refractivity contribution in [2.45, 2.75) is 52.1 Å². The largest absolute Gasteiger partial charge is 0.459 e. The molecule has 0 N–H and O–H groups in total. The van der Waals surface area contributed by atoms with Crippen molar-refractivity contribution in [1.82, 2.24) is 9.80 Å². The van der Waals surface area contributed by atoms with Crippen LogP contribution in [0.5, 0.6) is 0 Å². The van der Waals surface area contributed by atoms with Crippen LogP contribution in [0.25, 0.3) is 11.0 Å². The number of para-hydroxylation sites is 1. The van der Waals surface area contributed by atoms with Crippen LogP contribution in [0.4, 0.5) is 0 Å². The van der Waals surface area contributed by atoms with Crippen molar-refractivity contribution in [3.63, 3.8) is 0 Å². The Morgan fingerprint density at radius 1 is 1.32 bits per heavy atom.